The van der Waals surface area contributed by atoms with Crippen molar-refractivity contribution >= 4 is 38.8 Å². The first-order valence-electron chi connectivity index (χ1n) is 13.6. The van der Waals surface area contributed by atoms with Crippen LogP contribution in [-0.2, 0) is 14.8 Å². The standard InChI is InChI=1S/C29H35N3O6S/c1-17-9-11-20(12-10-17)25-24(27(33)30-2)23-16-22(19-13-14-19)26(31-28(23)38-25)32(39(3,36)37)15-5-7-18-6-4-8-21(18)29(34)35/h9-12,16,18-19,21H,4-8,13-15H2,1-3H3,(H,30,33)(H,34,35). The van der Waals surface area contributed by atoms with E-state index in [1.165, 1.54) is 10.6 Å². The molecule has 0 aliphatic heterocycles. The predicted octanol–water partition coefficient (Wildman–Crippen LogP) is 5.09. The molecule has 9 nitrogen and oxygen atoms in total. The summed E-state index contributed by atoms with van der Waals surface area (Å²) < 4.78 is 33.6. The molecule has 1 aromatic carbocycles. The number of rotatable bonds is 10. The third-order valence-electron chi connectivity index (χ3n) is 8.03. The largest absolute Gasteiger partial charge is 0.481 e. The highest BCUT2D eigenvalue weighted by molar-refractivity contribution is 7.92. The molecule has 0 radical (unpaired) electrons. The van der Waals surface area contributed by atoms with Gasteiger partial charge in [0.1, 0.15) is 11.6 Å². The Morgan fingerprint density at radius 1 is 1.15 bits per heavy atom. The fourth-order valence-electron chi connectivity index (χ4n) is 5.82. The van der Waals surface area contributed by atoms with Crippen molar-refractivity contribution in [2.45, 2.75) is 57.8 Å². The molecule has 1 amide bonds. The van der Waals surface area contributed by atoms with Gasteiger partial charge in [0.25, 0.3) is 5.91 Å². The number of aliphatic carboxylic acids is 1. The average molecular weight is 554 g/mol. The summed E-state index contributed by atoms with van der Waals surface area (Å²) in [6.45, 7) is 2.18. The third kappa shape index (κ3) is 5.52. The number of carbonyl (C=O) groups excluding carboxylic acids is 1. The molecule has 2 aliphatic carbocycles. The number of fused-ring (bicyclic) bond motifs is 1. The number of furan rings is 1. The Morgan fingerprint density at radius 2 is 1.87 bits per heavy atom. The summed E-state index contributed by atoms with van der Waals surface area (Å²) in [5.74, 6) is -0.495. The lowest BCUT2D eigenvalue weighted by molar-refractivity contribution is -0.143. The van der Waals surface area contributed by atoms with Crippen LogP contribution in [0.25, 0.3) is 22.4 Å². The van der Waals surface area contributed by atoms with E-state index in [4.69, 9.17) is 9.40 Å². The monoisotopic (exact) mass is 553 g/mol. The van der Waals surface area contributed by atoms with E-state index < -0.39 is 16.0 Å². The van der Waals surface area contributed by atoms with E-state index in [2.05, 4.69) is 5.32 Å². The fraction of sp³-hybridized carbons (Fsp3) is 0.483. The first-order chi connectivity index (χ1) is 18.6. The summed E-state index contributed by atoms with van der Waals surface area (Å²) in [6, 6.07) is 9.53. The number of nitrogens with one attached hydrogen (secondary N) is 1. The molecule has 2 fully saturated rings. The lowest BCUT2D eigenvalue weighted by Gasteiger charge is -2.25. The first kappa shape index (κ1) is 27.2. The molecular formula is C29H35N3O6S. The van der Waals surface area contributed by atoms with E-state index in [-0.39, 0.29) is 35.9 Å². The van der Waals surface area contributed by atoms with Gasteiger partial charge in [-0.15, -0.1) is 0 Å². The zero-order valence-corrected chi connectivity index (χ0v) is 23.4. The van der Waals surface area contributed by atoms with Gasteiger partial charge >= 0.3 is 5.97 Å². The van der Waals surface area contributed by atoms with Crippen LogP contribution in [0.4, 0.5) is 5.82 Å². The third-order valence-corrected chi connectivity index (χ3v) is 9.18. The van der Waals surface area contributed by atoms with Gasteiger partial charge in [-0.3, -0.25) is 13.9 Å². The molecule has 39 heavy (non-hydrogen) atoms. The van der Waals surface area contributed by atoms with Gasteiger partial charge in [0.15, 0.2) is 0 Å². The van der Waals surface area contributed by atoms with Crippen LogP contribution in [0.3, 0.4) is 0 Å². The number of nitrogens with zero attached hydrogens (tertiary/aromatic N) is 2. The lowest BCUT2D eigenvalue weighted by Crippen LogP contribution is -2.33. The van der Waals surface area contributed by atoms with Crippen LogP contribution in [0, 0.1) is 18.8 Å². The second-order valence-electron chi connectivity index (χ2n) is 10.9. The van der Waals surface area contributed by atoms with Crippen molar-refractivity contribution in [3.05, 3.63) is 47.0 Å². The zero-order valence-electron chi connectivity index (χ0n) is 22.6. The van der Waals surface area contributed by atoms with Crippen LogP contribution in [-0.4, -0.2) is 50.2 Å². The highest BCUT2D eigenvalue weighted by atomic mass is 32.2. The van der Waals surface area contributed by atoms with Gasteiger partial charge in [0, 0.05) is 19.2 Å². The molecule has 2 atom stereocenters. The van der Waals surface area contributed by atoms with E-state index in [9.17, 15) is 23.1 Å². The predicted molar refractivity (Wildman–Crippen MR) is 149 cm³/mol. The zero-order chi connectivity index (χ0) is 27.9. The van der Waals surface area contributed by atoms with E-state index in [0.29, 0.717) is 41.8 Å². The number of carboxylic acid groups (broad SMARTS) is 1. The number of aromatic nitrogens is 1. The van der Waals surface area contributed by atoms with Crippen LogP contribution < -0.4 is 9.62 Å². The molecule has 2 N–H and O–H groups in total. The Morgan fingerprint density at radius 3 is 2.49 bits per heavy atom. The van der Waals surface area contributed by atoms with Gasteiger partial charge in [-0.25, -0.2) is 8.42 Å². The van der Waals surface area contributed by atoms with Crippen molar-refractivity contribution in [1.29, 1.82) is 0 Å². The Bertz CT molecular complexity index is 1510. The van der Waals surface area contributed by atoms with Gasteiger partial charge in [0.2, 0.25) is 15.7 Å². The van der Waals surface area contributed by atoms with Gasteiger partial charge in [-0.1, -0.05) is 36.2 Å². The van der Waals surface area contributed by atoms with Gasteiger partial charge in [-0.2, -0.15) is 4.98 Å². The van der Waals surface area contributed by atoms with Gasteiger partial charge in [-0.05, 0) is 68.9 Å². The summed E-state index contributed by atoms with van der Waals surface area (Å²) in [6.07, 6.45) is 6.58. The molecule has 2 heterocycles. The number of anilines is 1. The Balaban J connectivity index is 1.55. The maximum atomic E-state index is 13.0. The second kappa shape index (κ2) is 10.6. The van der Waals surface area contributed by atoms with Crippen molar-refractivity contribution < 1.29 is 27.5 Å². The Hall–Kier alpha value is -3.40. The average Bonchev–Trinajstić information content (AvgIpc) is 3.50. The second-order valence-corrected chi connectivity index (χ2v) is 12.8. The maximum absolute atomic E-state index is 13.0. The molecule has 208 valence electrons. The highest BCUT2D eigenvalue weighted by Crippen LogP contribution is 2.47. The summed E-state index contributed by atoms with van der Waals surface area (Å²) in [5.41, 5.74) is 3.18. The molecule has 2 aromatic heterocycles. The molecule has 0 bridgehead atoms. The molecule has 0 spiro atoms. The summed E-state index contributed by atoms with van der Waals surface area (Å²) in [7, 11) is -2.12. The van der Waals surface area contributed by atoms with Gasteiger partial charge < -0.3 is 14.8 Å². The molecule has 0 saturated heterocycles. The number of sulfonamides is 1. The number of carboxylic acids is 1. The van der Waals surface area contributed by atoms with Crippen LogP contribution in [0.2, 0.25) is 0 Å². The minimum absolute atomic E-state index is 0.0551. The van der Waals surface area contributed by atoms with Crippen molar-refractivity contribution in [2.75, 3.05) is 24.2 Å². The number of aryl methyl sites for hydroxylation is 1. The maximum Gasteiger partial charge on any atom is 0.306 e. The van der Waals surface area contributed by atoms with E-state index in [1.807, 2.05) is 37.3 Å². The van der Waals surface area contributed by atoms with E-state index in [0.717, 1.165) is 42.4 Å². The topological polar surface area (TPSA) is 130 Å². The normalized spacial score (nSPS) is 19.4. The van der Waals surface area contributed by atoms with Crippen molar-refractivity contribution in [3.8, 4) is 11.3 Å². The quantitative estimate of drug-likeness (QED) is 0.358. The van der Waals surface area contributed by atoms with E-state index >= 15 is 0 Å². The Kier molecular flexibility index (Phi) is 7.41. The molecule has 5 rings (SSSR count). The Labute approximate surface area is 228 Å². The smallest absolute Gasteiger partial charge is 0.306 e. The number of pyridine rings is 1. The molecule has 2 aliphatic rings. The number of hydrogen-bond donors (Lipinski definition) is 2. The molecule has 3 aromatic rings. The molecule has 2 unspecified atom stereocenters. The number of carbonyl (C=O) groups is 2. The molecular weight excluding hydrogens is 518 g/mol. The summed E-state index contributed by atoms with van der Waals surface area (Å²) in [5, 5.41) is 12.8. The van der Waals surface area contributed by atoms with Crippen molar-refractivity contribution in [1.82, 2.24) is 10.3 Å². The van der Waals surface area contributed by atoms with E-state index in [1.54, 1.807) is 7.05 Å². The minimum atomic E-state index is -3.69. The first-order valence-corrected chi connectivity index (χ1v) is 15.4. The minimum Gasteiger partial charge on any atom is -0.481 e. The SMILES string of the molecule is CNC(=O)c1c(-c2ccc(C)cc2)oc2nc(N(CCCC3CCCC3C(=O)O)S(C)(=O)=O)c(C3CC3)cc12. The summed E-state index contributed by atoms with van der Waals surface area (Å²) in [4.78, 5) is 29.4. The van der Waals surface area contributed by atoms with Gasteiger partial charge in [0.05, 0.1) is 23.1 Å². The molecule has 2 saturated carbocycles. The summed E-state index contributed by atoms with van der Waals surface area (Å²) >= 11 is 0. The van der Waals surface area contributed by atoms with Crippen LogP contribution in [0.1, 0.15) is 72.3 Å². The van der Waals surface area contributed by atoms with Crippen LogP contribution >= 0.6 is 0 Å². The number of benzene rings is 1. The van der Waals surface area contributed by atoms with Crippen LogP contribution in [0.15, 0.2) is 34.7 Å². The fourth-order valence-corrected chi connectivity index (χ4v) is 6.74. The van der Waals surface area contributed by atoms with Crippen molar-refractivity contribution in [3.63, 3.8) is 0 Å². The number of amides is 1. The lowest BCUT2D eigenvalue weighted by atomic mass is 9.92. The highest BCUT2D eigenvalue weighted by Gasteiger charge is 2.35. The molecule has 10 heteroatoms. The van der Waals surface area contributed by atoms with Crippen molar-refractivity contribution in [2.24, 2.45) is 11.8 Å². The van der Waals surface area contributed by atoms with Crippen LogP contribution in [0.5, 0.6) is 0 Å². The number of hydrogen-bond acceptors (Lipinski definition) is 6.